The van der Waals surface area contributed by atoms with Gasteiger partial charge in [0.2, 0.25) is 0 Å². The Kier molecular flexibility index (Phi) is 5.53. The first-order valence-electron chi connectivity index (χ1n) is 6.05. The van der Waals surface area contributed by atoms with Crippen molar-refractivity contribution >= 4 is 5.97 Å². The summed E-state index contributed by atoms with van der Waals surface area (Å²) in [5, 5.41) is 0. The van der Waals surface area contributed by atoms with Crippen LogP contribution in [0.3, 0.4) is 0 Å². The van der Waals surface area contributed by atoms with Crippen molar-refractivity contribution in [3.8, 4) is 5.75 Å². The molecule has 0 saturated heterocycles. The molecule has 1 aromatic carbocycles. The van der Waals surface area contributed by atoms with Crippen LogP contribution in [-0.2, 0) is 16.1 Å². The van der Waals surface area contributed by atoms with Crippen molar-refractivity contribution < 1.29 is 14.3 Å². The van der Waals surface area contributed by atoms with E-state index in [4.69, 9.17) is 9.47 Å². The van der Waals surface area contributed by atoms with Gasteiger partial charge >= 0.3 is 5.97 Å². The molecule has 0 spiro atoms. The van der Waals surface area contributed by atoms with Crippen LogP contribution in [0.2, 0.25) is 0 Å². The molecule has 0 N–H and O–H groups in total. The molecule has 1 unspecified atom stereocenters. The van der Waals surface area contributed by atoms with E-state index in [0.29, 0.717) is 13.2 Å². The second-order valence-electron chi connectivity index (χ2n) is 3.99. The van der Waals surface area contributed by atoms with Crippen LogP contribution in [0.15, 0.2) is 24.3 Å². The molecule has 3 nitrogen and oxygen atoms in total. The summed E-state index contributed by atoms with van der Waals surface area (Å²) < 4.78 is 10.5. The predicted octanol–water partition coefficient (Wildman–Crippen LogP) is 3.17. The Balaban J connectivity index is 2.44. The maximum atomic E-state index is 11.5. The quantitative estimate of drug-likeness (QED) is 0.712. The Bertz CT molecular complexity index is 343. The molecule has 3 heteroatoms. The molecule has 1 rings (SSSR count). The Morgan fingerprint density at radius 3 is 2.41 bits per heavy atom. The number of ether oxygens (including phenoxy) is 2. The highest BCUT2D eigenvalue weighted by atomic mass is 16.5. The Morgan fingerprint density at radius 1 is 1.24 bits per heavy atom. The van der Waals surface area contributed by atoms with Crippen LogP contribution in [0.25, 0.3) is 0 Å². The first-order chi connectivity index (χ1) is 8.17. The fourth-order valence-corrected chi connectivity index (χ4v) is 1.31. The van der Waals surface area contributed by atoms with Crippen LogP contribution >= 0.6 is 0 Å². The number of hydrogen-bond acceptors (Lipinski definition) is 3. The molecule has 0 fully saturated rings. The van der Waals surface area contributed by atoms with E-state index in [1.807, 2.05) is 45.0 Å². The zero-order valence-electron chi connectivity index (χ0n) is 10.7. The van der Waals surface area contributed by atoms with Gasteiger partial charge < -0.3 is 9.47 Å². The third-order valence-corrected chi connectivity index (χ3v) is 2.63. The lowest BCUT2D eigenvalue weighted by molar-refractivity contribution is -0.149. The molecule has 0 aliphatic heterocycles. The van der Waals surface area contributed by atoms with Crippen LogP contribution in [0.5, 0.6) is 5.75 Å². The summed E-state index contributed by atoms with van der Waals surface area (Å²) in [5.41, 5.74) is 0.977. The number of benzene rings is 1. The fourth-order valence-electron chi connectivity index (χ4n) is 1.31. The van der Waals surface area contributed by atoms with Gasteiger partial charge in [0.15, 0.2) is 0 Å². The van der Waals surface area contributed by atoms with Gasteiger partial charge in [0.25, 0.3) is 0 Å². The zero-order valence-corrected chi connectivity index (χ0v) is 10.7. The van der Waals surface area contributed by atoms with Gasteiger partial charge in [-0.3, -0.25) is 4.79 Å². The van der Waals surface area contributed by atoms with Crippen molar-refractivity contribution in [2.75, 3.05) is 6.61 Å². The molecule has 0 bridgehead atoms. The van der Waals surface area contributed by atoms with E-state index < -0.39 is 0 Å². The molecule has 0 aromatic heterocycles. The maximum Gasteiger partial charge on any atom is 0.308 e. The minimum atomic E-state index is -0.138. The lowest BCUT2D eigenvalue weighted by Gasteiger charge is -2.09. The van der Waals surface area contributed by atoms with E-state index in [1.165, 1.54) is 0 Å². The highest BCUT2D eigenvalue weighted by molar-refractivity contribution is 5.71. The van der Waals surface area contributed by atoms with Crippen LogP contribution < -0.4 is 4.74 Å². The summed E-state index contributed by atoms with van der Waals surface area (Å²) in [7, 11) is 0. The highest BCUT2D eigenvalue weighted by Gasteiger charge is 2.11. The summed E-state index contributed by atoms with van der Waals surface area (Å²) in [4.78, 5) is 11.5. The molecule has 0 aliphatic carbocycles. The summed E-state index contributed by atoms with van der Waals surface area (Å²) in [5.74, 6) is 0.670. The largest absolute Gasteiger partial charge is 0.494 e. The number of esters is 1. The third kappa shape index (κ3) is 4.47. The monoisotopic (exact) mass is 236 g/mol. The van der Waals surface area contributed by atoms with E-state index in [-0.39, 0.29) is 11.9 Å². The van der Waals surface area contributed by atoms with Gasteiger partial charge in [-0.1, -0.05) is 26.0 Å². The van der Waals surface area contributed by atoms with Crippen molar-refractivity contribution in [3.63, 3.8) is 0 Å². The molecule has 17 heavy (non-hydrogen) atoms. The Hall–Kier alpha value is -1.51. The molecule has 0 heterocycles. The minimum absolute atomic E-state index is 0.0299. The van der Waals surface area contributed by atoms with Crippen molar-refractivity contribution in [2.24, 2.45) is 5.92 Å². The molecule has 0 aliphatic rings. The molecule has 1 atom stereocenters. The number of carbonyl (C=O) groups is 1. The van der Waals surface area contributed by atoms with E-state index in [9.17, 15) is 4.79 Å². The molecule has 0 radical (unpaired) electrons. The molecule has 1 aromatic rings. The minimum Gasteiger partial charge on any atom is -0.494 e. The second kappa shape index (κ2) is 6.94. The van der Waals surface area contributed by atoms with Crippen molar-refractivity contribution in [1.82, 2.24) is 0 Å². The van der Waals surface area contributed by atoms with Gasteiger partial charge in [-0.2, -0.15) is 0 Å². The Labute approximate surface area is 103 Å². The number of rotatable bonds is 6. The first kappa shape index (κ1) is 13.6. The summed E-state index contributed by atoms with van der Waals surface area (Å²) in [6.45, 7) is 6.78. The average Bonchev–Trinajstić information content (AvgIpc) is 2.37. The normalized spacial score (nSPS) is 11.9. The molecular weight excluding hydrogens is 216 g/mol. The summed E-state index contributed by atoms with van der Waals surface area (Å²) >= 11 is 0. The average molecular weight is 236 g/mol. The third-order valence-electron chi connectivity index (χ3n) is 2.63. The zero-order chi connectivity index (χ0) is 12.7. The predicted molar refractivity (Wildman–Crippen MR) is 66.9 cm³/mol. The van der Waals surface area contributed by atoms with Crippen LogP contribution in [-0.4, -0.2) is 12.6 Å². The van der Waals surface area contributed by atoms with E-state index in [0.717, 1.165) is 17.7 Å². The van der Waals surface area contributed by atoms with E-state index in [1.54, 1.807) is 0 Å². The van der Waals surface area contributed by atoms with Crippen LogP contribution in [0, 0.1) is 5.92 Å². The van der Waals surface area contributed by atoms with Crippen molar-refractivity contribution in [3.05, 3.63) is 29.8 Å². The smallest absolute Gasteiger partial charge is 0.308 e. The summed E-state index contributed by atoms with van der Waals surface area (Å²) in [6.07, 6.45) is 0.808. The lowest BCUT2D eigenvalue weighted by atomic mass is 10.1. The van der Waals surface area contributed by atoms with Gasteiger partial charge in [0.05, 0.1) is 12.5 Å². The van der Waals surface area contributed by atoms with Crippen LogP contribution in [0.1, 0.15) is 32.8 Å². The SMILES string of the molecule is CCOc1ccc(COC(=O)C(C)CC)cc1. The first-order valence-corrected chi connectivity index (χ1v) is 6.05. The van der Waals surface area contributed by atoms with Gasteiger partial charge in [-0.15, -0.1) is 0 Å². The van der Waals surface area contributed by atoms with Crippen LogP contribution in [0.4, 0.5) is 0 Å². The maximum absolute atomic E-state index is 11.5. The van der Waals surface area contributed by atoms with Gasteiger partial charge in [0.1, 0.15) is 12.4 Å². The topological polar surface area (TPSA) is 35.5 Å². The second-order valence-corrected chi connectivity index (χ2v) is 3.99. The lowest BCUT2D eigenvalue weighted by Crippen LogP contribution is -2.13. The number of hydrogen-bond donors (Lipinski definition) is 0. The van der Waals surface area contributed by atoms with E-state index in [2.05, 4.69) is 0 Å². The highest BCUT2D eigenvalue weighted by Crippen LogP contribution is 2.13. The van der Waals surface area contributed by atoms with Crippen molar-refractivity contribution in [1.29, 1.82) is 0 Å². The molecule has 0 amide bonds. The summed E-state index contributed by atoms with van der Waals surface area (Å²) in [6, 6.07) is 7.59. The Morgan fingerprint density at radius 2 is 1.88 bits per heavy atom. The molecular formula is C14H20O3. The number of carbonyl (C=O) groups excluding carboxylic acids is 1. The van der Waals surface area contributed by atoms with E-state index >= 15 is 0 Å². The standard InChI is InChI=1S/C14H20O3/c1-4-11(3)14(15)17-10-12-6-8-13(9-7-12)16-5-2/h6-9,11H,4-5,10H2,1-3H3. The molecule has 0 saturated carbocycles. The molecule has 94 valence electrons. The fraction of sp³-hybridized carbons (Fsp3) is 0.500. The van der Waals surface area contributed by atoms with Gasteiger partial charge in [-0.25, -0.2) is 0 Å². The van der Waals surface area contributed by atoms with Crippen molar-refractivity contribution in [2.45, 2.75) is 33.8 Å². The van der Waals surface area contributed by atoms with Gasteiger partial charge in [-0.05, 0) is 31.0 Å². The van der Waals surface area contributed by atoms with Gasteiger partial charge in [0, 0.05) is 0 Å².